The van der Waals surface area contributed by atoms with Crippen LogP contribution in [0.25, 0.3) is 0 Å². The molecule has 2 N–H and O–H groups in total. The molecule has 1 aliphatic heterocycles. The Morgan fingerprint density at radius 3 is 2.62 bits per heavy atom. The fourth-order valence-corrected chi connectivity index (χ4v) is 2.55. The normalized spacial score (nSPS) is 27.4. The third kappa shape index (κ3) is 2.40. The average molecular weight is 230 g/mol. The van der Waals surface area contributed by atoms with Crippen molar-refractivity contribution in [2.75, 3.05) is 33.4 Å². The average Bonchev–Trinajstić information content (AvgIpc) is 2.26. The first kappa shape index (κ1) is 13.9. The zero-order chi connectivity index (χ0) is 12.4. The predicted octanol–water partition coefficient (Wildman–Crippen LogP) is 0.850. The van der Waals surface area contributed by atoms with Gasteiger partial charge < -0.3 is 15.2 Å². The van der Waals surface area contributed by atoms with Crippen LogP contribution in [0.3, 0.4) is 0 Å². The lowest BCUT2D eigenvalue weighted by molar-refractivity contribution is -0.134. The highest BCUT2D eigenvalue weighted by Crippen LogP contribution is 2.31. The molecule has 1 fully saturated rings. The maximum atomic E-state index is 5.97. The second kappa shape index (κ2) is 5.00. The number of ether oxygens (including phenoxy) is 2. The van der Waals surface area contributed by atoms with Crippen LogP contribution in [0.2, 0.25) is 0 Å². The highest BCUT2D eigenvalue weighted by Gasteiger charge is 2.45. The molecule has 2 unspecified atom stereocenters. The summed E-state index contributed by atoms with van der Waals surface area (Å²) >= 11 is 0. The largest absolute Gasteiger partial charge is 0.380 e. The zero-order valence-electron chi connectivity index (χ0n) is 11.2. The lowest BCUT2D eigenvalue weighted by Crippen LogP contribution is -2.68. The van der Waals surface area contributed by atoms with Crippen LogP contribution in [0.15, 0.2) is 0 Å². The van der Waals surface area contributed by atoms with E-state index in [1.54, 1.807) is 7.11 Å². The Kier molecular flexibility index (Phi) is 4.35. The molecule has 1 heterocycles. The molecular weight excluding hydrogens is 204 g/mol. The summed E-state index contributed by atoms with van der Waals surface area (Å²) in [5.74, 6) is 0. The van der Waals surface area contributed by atoms with Gasteiger partial charge in [0.25, 0.3) is 0 Å². The van der Waals surface area contributed by atoms with E-state index in [0.717, 1.165) is 19.8 Å². The second-order valence-corrected chi connectivity index (χ2v) is 5.46. The van der Waals surface area contributed by atoms with E-state index in [4.69, 9.17) is 15.2 Å². The van der Waals surface area contributed by atoms with Gasteiger partial charge in [-0.2, -0.15) is 0 Å². The first-order valence-electron chi connectivity index (χ1n) is 5.97. The first-order chi connectivity index (χ1) is 7.38. The summed E-state index contributed by atoms with van der Waals surface area (Å²) in [6, 6.07) is 0. The van der Waals surface area contributed by atoms with Gasteiger partial charge in [0.05, 0.1) is 24.9 Å². The molecule has 1 rings (SSSR count). The number of nitrogens with zero attached hydrogens (tertiary/aromatic N) is 1. The van der Waals surface area contributed by atoms with Crippen LogP contribution in [0.4, 0.5) is 0 Å². The molecule has 0 aromatic rings. The molecule has 0 saturated carbocycles. The van der Waals surface area contributed by atoms with Gasteiger partial charge in [-0.3, -0.25) is 4.90 Å². The summed E-state index contributed by atoms with van der Waals surface area (Å²) < 4.78 is 11.0. The van der Waals surface area contributed by atoms with Crippen molar-refractivity contribution in [3.05, 3.63) is 0 Å². The van der Waals surface area contributed by atoms with Crippen molar-refractivity contribution in [3.8, 4) is 0 Å². The number of rotatable bonds is 4. The number of nitrogens with two attached hydrogens (primary N) is 1. The lowest BCUT2D eigenvalue weighted by atomic mass is 9.87. The number of methoxy groups -OCH3 is 1. The highest BCUT2D eigenvalue weighted by molar-refractivity contribution is 5.00. The predicted molar refractivity (Wildman–Crippen MR) is 65.5 cm³/mol. The molecule has 0 aliphatic carbocycles. The standard InChI is InChI=1S/C12H26N2O2/c1-10(15-5)12(4,8-13)14-6-7-16-9-11(14,2)3/h10H,6-9,13H2,1-5H3. The molecule has 0 aromatic heterocycles. The van der Waals surface area contributed by atoms with Crippen molar-refractivity contribution >= 4 is 0 Å². The van der Waals surface area contributed by atoms with Crippen LogP contribution >= 0.6 is 0 Å². The minimum absolute atomic E-state index is 0.0131. The van der Waals surface area contributed by atoms with Crippen molar-refractivity contribution < 1.29 is 9.47 Å². The van der Waals surface area contributed by atoms with Gasteiger partial charge in [-0.1, -0.05) is 0 Å². The lowest BCUT2D eigenvalue weighted by Gasteiger charge is -2.54. The van der Waals surface area contributed by atoms with Crippen LogP contribution in [0, 0.1) is 0 Å². The summed E-state index contributed by atoms with van der Waals surface area (Å²) in [4.78, 5) is 2.43. The molecule has 0 amide bonds. The Labute approximate surface area is 99.1 Å². The van der Waals surface area contributed by atoms with Gasteiger partial charge in [0.15, 0.2) is 0 Å². The van der Waals surface area contributed by atoms with Crippen molar-refractivity contribution in [3.63, 3.8) is 0 Å². The maximum absolute atomic E-state index is 5.97. The molecule has 1 saturated heterocycles. The van der Waals surface area contributed by atoms with Gasteiger partial charge >= 0.3 is 0 Å². The van der Waals surface area contributed by atoms with E-state index in [9.17, 15) is 0 Å². The summed E-state index contributed by atoms with van der Waals surface area (Å²) in [6.07, 6.45) is 0.106. The molecule has 4 heteroatoms. The Bertz CT molecular complexity index is 233. The summed E-state index contributed by atoms with van der Waals surface area (Å²) in [5.41, 5.74) is 5.85. The van der Waals surface area contributed by atoms with Gasteiger partial charge in [0.2, 0.25) is 0 Å². The molecular formula is C12H26N2O2. The smallest absolute Gasteiger partial charge is 0.0736 e. The van der Waals surface area contributed by atoms with Crippen LogP contribution in [0.1, 0.15) is 27.7 Å². The molecule has 0 radical (unpaired) electrons. The van der Waals surface area contributed by atoms with E-state index in [0.29, 0.717) is 6.54 Å². The minimum Gasteiger partial charge on any atom is -0.380 e. The molecule has 16 heavy (non-hydrogen) atoms. The Balaban J connectivity index is 2.93. The maximum Gasteiger partial charge on any atom is 0.0736 e. The summed E-state index contributed by atoms with van der Waals surface area (Å²) in [6.45, 7) is 11.7. The third-order valence-electron chi connectivity index (χ3n) is 3.90. The molecule has 0 spiro atoms. The first-order valence-corrected chi connectivity index (χ1v) is 5.97. The Morgan fingerprint density at radius 2 is 2.19 bits per heavy atom. The molecule has 4 nitrogen and oxygen atoms in total. The van der Waals surface area contributed by atoms with Gasteiger partial charge in [-0.05, 0) is 27.7 Å². The van der Waals surface area contributed by atoms with Gasteiger partial charge in [-0.15, -0.1) is 0 Å². The second-order valence-electron chi connectivity index (χ2n) is 5.46. The van der Waals surface area contributed by atoms with Gasteiger partial charge in [0, 0.05) is 25.7 Å². The molecule has 96 valence electrons. The fraction of sp³-hybridized carbons (Fsp3) is 1.00. The fourth-order valence-electron chi connectivity index (χ4n) is 2.55. The van der Waals surface area contributed by atoms with Crippen LogP contribution in [-0.4, -0.2) is 55.5 Å². The van der Waals surface area contributed by atoms with Crippen molar-refractivity contribution in [1.29, 1.82) is 0 Å². The minimum atomic E-state index is -0.137. The Hall–Kier alpha value is -0.160. The number of morpholine rings is 1. The van der Waals surface area contributed by atoms with Crippen molar-refractivity contribution in [2.45, 2.75) is 44.9 Å². The summed E-state index contributed by atoms with van der Waals surface area (Å²) in [5, 5.41) is 0. The van der Waals surface area contributed by atoms with E-state index in [1.165, 1.54) is 0 Å². The molecule has 0 aromatic carbocycles. The molecule has 0 bridgehead atoms. The van der Waals surface area contributed by atoms with Crippen LogP contribution in [0.5, 0.6) is 0 Å². The van der Waals surface area contributed by atoms with Crippen LogP contribution in [-0.2, 0) is 9.47 Å². The number of hydrogen-bond donors (Lipinski definition) is 1. The Morgan fingerprint density at radius 1 is 1.56 bits per heavy atom. The van der Waals surface area contributed by atoms with Crippen LogP contribution < -0.4 is 5.73 Å². The van der Waals surface area contributed by atoms with E-state index in [-0.39, 0.29) is 17.2 Å². The highest BCUT2D eigenvalue weighted by atomic mass is 16.5. The van der Waals surface area contributed by atoms with E-state index >= 15 is 0 Å². The van der Waals surface area contributed by atoms with E-state index < -0.39 is 0 Å². The van der Waals surface area contributed by atoms with Gasteiger partial charge in [0.1, 0.15) is 0 Å². The molecule has 2 atom stereocenters. The van der Waals surface area contributed by atoms with Gasteiger partial charge in [-0.25, -0.2) is 0 Å². The SMILES string of the molecule is COC(C)C(C)(CN)N1CCOCC1(C)C. The summed E-state index contributed by atoms with van der Waals surface area (Å²) in [7, 11) is 1.74. The molecule has 1 aliphatic rings. The third-order valence-corrected chi connectivity index (χ3v) is 3.90. The van der Waals surface area contributed by atoms with Crippen molar-refractivity contribution in [1.82, 2.24) is 4.90 Å². The van der Waals surface area contributed by atoms with E-state index in [2.05, 4.69) is 32.6 Å². The van der Waals surface area contributed by atoms with E-state index in [1.807, 2.05) is 0 Å². The quantitative estimate of drug-likeness (QED) is 0.778. The topological polar surface area (TPSA) is 47.7 Å². The monoisotopic (exact) mass is 230 g/mol. The number of hydrogen-bond acceptors (Lipinski definition) is 4. The van der Waals surface area contributed by atoms with Crippen molar-refractivity contribution in [2.24, 2.45) is 5.73 Å². The zero-order valence-corrected chi connectivity index (χ0v) is 11.2.